The van der Waals surface area contributed by atoms with E-state index in [0.29, 0.717) is 33.3 Å². The summed E-state index contributed by atoms with van der Waals surface area (Å²) < 4.78 is 32.9. The van der Waals surface area contributed by atoms with E-state index >= 15 is 0 Å². The summed E-state index contributed by atoms with van der Waals surface area (Å²) in [7, 11) is -2.31. The van der Waals surface area contributed by atoms with Crippen LogP contribution in [0.25, 0.3) is 22.4 Å². The number of carbonyl (C=O) groups is 1. The van der Waals surface area contributed by atoms with Gasteiger partial charge in [0.05, 0.1) is 29.0 Å². The minimum absolute atomic E-state index is 0.0147. The number of nitrogens with zero attached hydrogens (tertiary/aromatic N) is 4. The molecule has 0 saturated carbocycles. The van der Waals surface area contributed by atoms with Gasteiger partial charge in [-0.3, -0.25) is 4.79 Å². The standard InChI is InChI=1S/C32H26N6O4S2/c1-21-4-6-22(7-5-21)27-18-29(23-8-12-25(42-2)13-9-23)37-31(28(27)19-33)43-20-30(39)36-24-10-14-26(15-11-24)44(40,41)38-32-34-16-3-17-35-32/h3-18H,20H2,1-2H3,(H,36,39)(H,34,35,38). The summed E-state index contributed by atoms with van der Waals surface area (Å²) in [5, 5.41) is 13.3. The SMILES string of the molecule is COc1ccc(-c2cc(-c3ccc(C)cc3)c(C#N)c(SCC(=O)Nc3ccc(S(=O)(=O)Nc4ncccn4)cc3)n2)cc1. The fourth-order valence-electron chi connectivity index (χ4n) is 4.18. The van der Waals surface area contributed by atoms with E-state index in [1.165, 1.54) is 36.7 Å². The number of hydrogen-bond acceptors (Lipinski definition) is 9. The zero-order valence-corrected chi connectivity index (χ0v) is 25.3. The highest BCUT2D eigenvalue weighted by molar-refractivity contribution is 8.00. The number of hydrogen-bond donors (Lipinski definition) is 2. The average Bonchev–Trinajstić information content (AvgIpc) is 3.04. The number of ether oxygens (including phenoxy) is 1. The molecule has 220 valence electrons. The highest BCUT2D eigenvalue weighted by Crippen LogP contribution is 2.35. The summed E-state index contributed by atoms with van der Waals surface area (Å²) in [5.41, 5.74) is 4.92. The number of rotatable bonds is 10. The zero-order valence-electron chi connectivity index (χ0n) is 23.7. The van der Waals surface area contributed by atoms with E-state index in [1.807, 2.05) is 61.5 Å². The van der Waals surface area contributed by atoms with Gasteiger partial charge in [0.15, 0.2) is 0 Å². The summed E-state index contributed by atoms with van der Waals surface area (Å²) in [6.07, 6.45) is 2.85. The minimum atomic E-state index is -3.91. The van der Waals surface area contributed by atoms with Gasteiger partial charge in [-0.1, -0.05) is 41.6 Å². The van der Waals surface area contributed by atoms with Crippen molar-refractivity contribution in [3.63, 3.8) is 0 Å². The Hall–Kier alpha value is -5.25. The Morgan fingerprint density at radius 3 is 2.25 bits per heavy atom. The number of amides is 1. The number of carbonyl (C=O) groups excluding carboxylic acids is 1. The molecule has 0 atom stereocenters. The smallest absolute Gasteiger partial charge is 0.264 e. The minimum Gasteiger partial charge on any atom is -0.497 e. The molecule has 0 bridgehead atoms. The van der Waals surface area contributed by atoms with Crippen LogP contribution in [0.3, 0.4) is 0 Å². The van der Waals surface area contributed by atoms with Crippen molar-refractivity contribution in [2.45, 2.75) is 16.8 Å². The van der Waals surface area contributed by atoms with Crippen LogP contribution in [0.5, 0.6) is 5.75 Å². The molecule has 5 rings (SSSR count). The lowest BCUT2D eigenvalue weighted by Crippen LogP contribution is -2.16. The van der Waals surface area contributed by atoms with E-state index < -0.39 is 10.0 Å². The molecular weight excluding hydrogens is 597 g/mol. The van der Waals surface area contributed by atoms with Gasteiger partial charge in [-0.2, -0.15) is 5.26 Å². The Morgan fingerprint density at radius 2 is 1.61 bits per heavy atom. The monoisotopic (exact) mass is 622 g/mol. The van der Waals surface area contributed by atoms with E-state index in [1.54, 1.807) is 13.2 Å². The van der Waals surface area contributed by atoms with Gasteiger partial charge in [0.1, 0.15) is 16.8 Å². The van der Waals surface area contributed by atoms with Gasteiger partial charge in [0, 0.05) is 29.2 Å². The summed E-state index contributed by atoms with van der Waals surface area (Å²) in [6, 6.07) is 26.8. The predicted molar refractivity (Wildman–Crippen MR) is 170 cm³/mol. The van der Waals surface area contributed by atoms with Crippen molar-refractivity contribution >= 4 is 39.3 Å². The molecule has 0 spiro atoms. The first kappa shape index (κ1) is 30.2. The summed E-state index contributed by atoms with van der Waals surface area (Å²) in [6.45, 7) is 1.99. The number of anilines is 2. The molecule has 0 radical (unpaired) electrons. The number of nitriles is 1. The molecule has 12 heteroatoms. The molecule has 10 nitrogen and oxygen atoms in total. The average molecular weight is 623 g/mol. The highest BCUT2D eigenvalue weighted by atomic mass is 32.2. The van der Waals surface area contributed by atoms with Crippen LogP contribution in [0, 0.1) is 18.3 Å². The first-order chi connectivity index (χ1) is 21.3. The zero-order chi connectivity index (χ0) is 31.1. The molecule has 0 saturated heterocycles. The Kier molecular flexibility index (Phi) is 9.18. The number of aromatic nitrogens is 3. The molecule has 2 aromatic heterocycles. The van der Waals surface area contributed by atoms with E-state index in [4.69, 9.17) is 9.72 Å². The predicted octanol–water partition coefficient (Wildman–Crippen LogP) is 5.93. The lowest BCUT2D eigenvalue weighted by atomic mass is 9.98. The van der Waals surface area contributed by atoms with Crippen LogP contribution in [0.15, 0.2) is 107 Å². The Bertz CT molecular complexity index is 1930. The number of aryl methyl sites for hydroxylation is 1. The topological polar surface area (TPSA) is 147 Å². The van der Waals surface area contributed by atoms with Crippen molar-refractivity contribution in [2.75, 3.05) is 22.9 Å². The molecule has 1 amide bonds. The maximum Gasteiger partial charge on any atom is 0.264 e. The van der Waals surface area contributed by atoms with Gasteiger partial charge in [0.25, 0.3) is 10.0 Å². The third-order valence-corrected chi connectivity index (χ3v) is 8.75. The molecule has 2 N–H and O–H groups in total. The Morgan fingerprint density at radius 1 is 0.955 bits per heavy atom. The summed E-state index contributed by atoms with van der Waals surface area (Å²) in [5.74, 6) is 0.279. The second-order valence-corrected chi connectivity index (χ2v) is 12.1. The van der Waals surface area contributed by atoms with E-state index in [2.05, 4.69) is 26.1 Å². The van der Waals surface area contributed by atoms with Gasteiger partial charge in [-0.25, -0.2) is 28.1 Å². The largest absolute Gasteiger partial charge is 0.497 e. The van der Waals surface area contributed by atoms with Gasteiger partial charge < -0.3 is 10.1 Å². The third kappa shape index (κ3) is 7.20. The van der Waals surface area contributed by atoms with Crippen LogP contribution in [-0.4, -0.2) is 42.1 Å². The molecule has 0 unspecified atom stereocenters. The van der Waals surface area contributed by atoms with Crippen molar-refractivity contribution < 1.29 is 17.9 Å². The normalized spacial score (nSPS) is 10.9. The maximum absolute atomic E-state index is 12.9. The molecule has 0 fully saturated rings. The van der Waals surface area contributed by atoms with Gasteiger partial charge in [-0.15, -0.1) is 0 Å². The van der Waals surface area contributed by atoms with E-state index in [-0.39, 0.29) is 22.5 Å². The number of benzene rings is 3. The van der Waals surface area contributed by atoms with E-state index in [0.717, 1.165) is 28.5 Å². The first-order valence-electron chi connectivity index (χ1n) is 13.2. The lowest BCUT2D eigenvalue weighted by Gasteiger charge is -2.13. The van der Waals surface area contributed by atoms with Crippen LogP contribution >= 0.6 is 11.8 Å². The fourth-order valence-corrected chi connectivity index (χ4v) is 5.94. The molecular formula is C32H26N6O4S2. The Balaban J connectivity index is 1.35. The van der Waals surface area contributed by atoms with Crippen LogP contribution in [0.1, 0.15) is 11.1 Å². The second-order valence-electron chi connectivity index (χ2n) is 9.48. The number of pyridine rings is 1. The highest BCUT2D eigenvalue weighted by Gasteiger charge is 2.18. The van der Waals surface area contributed by atoms with Gasteiger partial charge >= 0.3 is 0 Å². The number of sulfonamides is 1. The second kappa shape index (κ2) is 13.4. The number of thioether (sulfide) groups is 1. The molecule has 0 aliphatic rings. The van der Waals surface area contributed by atoms with Crippen LogP contribution in [-0.2, 0) is 14.8 Å². The van der Waals surface area contributed by atoms with Crippen LogP contribution in [0.4, 0.5) is 11.6 Å². The summed E-state index contributed by atoms with van der Waals surface area (Å²) >= 11 is 1.15. The van der Waals surface area contributed by atoms with Gasteiger partial charge in [0.2, 0.25) is 11.9 Å². The third-order valence-electron chi connectivity index (χ3n) is 6.43. The van der Waals surface area contributed by atoms with Crippen LogP contribution < -0.4 is 14.8 Å². The maximum atomic E-state index is 12.9. The van der Waals surface area contributed by atoms with Crippen molar-refractivity contribution in [3.05, 3.63) is 108 Å². The molecule has 44 heavy (non-hydrogen) atoms. The molecule has 0 aliphatic heterocycles. The molecule has 2 heterocycles. The number of methoxy groups -OCH3 is 1. The van der Waals surface area contributed by atoms with Crippen molar-refractivity contribution in [1.82, 2.24) is 15.0 Å². The van der Waals surface area contributed by atoms with Crippen molar-refractivity contribution in [3.8, 4) is 34.2 Å². The van der Waals surface area contributed by atoms with E-state index in [9.17, 15) is 18.5 Å². The van der Waals surface area contributed by atoms with Gasteiger partial charge in [-0.05, 0) is 73.2 Å². The van der Waals surface area contributed by atoms with Crippen molar-refractivity contribution in [1.29, 1.82) is 5.26 Å². The van der Waals surface area contributed by atoms with Crippen molar-refractivity contribution in [2.24, 2.45) is 0 Å². The quantitative estimate of drug-likeness (QED) is 0.181. The molecule has 3 aromatic carbocycles. The fraction of sp³-hybridized carbons (Fsp3) is 0.0938. The first-order valence-corrected chi connectivity index (χ1v) is 15.7. The molecule has 5 aromatic rings. The number of nitrogens with one attached hydrogen (secondary N) is 2. The lowest BCUT2D eigenvalue weighted by molar-refractivity contribution is -0.113. The van der Waals surface area contributed by atoms with Crippen LogP contribution in [0.2, 0.25) is 0 Å². The molecule has 0 aliphatic carbocycles. The summed E-state index contributed by atoms with van der Waals surface area (Å²) in [4.78, 5) is 25.4. The Labute approximate surface area is 259 Å².